The van der Waals surface area contributed by atoms with Crippen LogP contribution < -0.4 is 4.90 Å². The quantitative estimate of drug-likeness (QED) is 0.711. The lowest BCUT2D eigenvalue weighted by molar-refractivity contribution is -0.181. The second-order valence-electron chi connectivity index (χ2n) is 9.48. The zero-order valence-electron chi connectivity index (χ0n) is 20.1. The molecule has 1 aromatic carbocycles. The van der Waals surface area contributed by atoms with E-state index in [2.05, 4.69) is 54.5 Å². The maximum absolute atomic E-state index is 13.9. The van der Waals surface area contributed by atoms with E-state index in [0.29, 0.717) is 32.8 Å². The Morgan fingerprint density at radius 1 is 0.970 bits per heavy atom. The van der Waals surface area contributed by atoms with Gasteiger partial charge < -0.3 is 28.6 Å². The number of hydrogen-bond acceptors (Lipinski definition) is 5. The number of carbonyl (C=O) groups excluding carboxylic acids is 1. The lowest BCUT2D eigenvalue weighted by Crippen LogP contribution is -2.47. The van der Waals surface area contributed by atoms with Crippen molar-refractivity contribution >= 4 is 11.6 Å². The van der Waals surface area contributed by atoms with Gasteiger partial charge in [-0.3, -0.25) is 4.79 Å². The van der Waals surface area contributed by atoms with Crippen LogP contribution in [0.3, 0.4) is 0 Å². The van der Waals surface area contributed by atoms with Crippen molar-refractivity contribution in [3.05, 3.63) is 52.3 Å². The molecule has 3 saturated heterocycles. The minimum Gasteiger partial charge on any atom is -0.378 e. The fourth-order valence-corrected chi connectivity index (χ4v) is 5.59. The van der Waals surface area contributed by atoms with Crippen molar-refractivity contribution in [2.75, 3.05) is 57.5 Å². The van der Waals surface area contributed by atoms with E-state index in [1.54, 1.807) is 0 Å². The number of likely N-dealkylation sites (tertiary alicyclic amines) is 1. The summed E-state index contributed by atoms with van der Waals surface area (Å²) < 4.78 is 19.6. The third-order valence-corrected chi connectivity index (χ3v) is 7.31. The maximum Gasteiger partial charge on any atom is 0.270 e. The molecule has 0 N–H and O–H groups in total. The third-order valence-electron chi connectivity index (χ3n) is 7.31. The highest BCUT2D eigenvalue weighted by Crippen LogP contribution is 2.35. The normalized spacial score (nSPS) is 20.6. The molecule has 0 aliphatic carbocycles. The van der Waals surface area contributed by atoms with Crippen LogP contribution >= 0.6 is 0 Å². The molecule has 7 heteroatoms. The second kappa shape index (κ2) is 9.12. The Labute approximate surface area is 196 Å². The fourth-order valence-electron chi connectivity index (χ4n) is 5.59. The zero-order chi connectivity index (χ0) is 23.0. The summed E-state index contributed by atoms with van der Waals surface area (Å²) in [4.78, 5) is 18.3. The van der Waals surface area contributed by atoms with E-state index < -0.39 is 5.79 Å². The lowest BCUT2D eigenvalue weighted by Gasteiger charge is -2.37. The van der Waals surface area contributed by atoms with E-state index in [-0.39, 0.29) is 5.91 Å². The van der Waals surface area contributed by atoms with Crippen LogP contribution in [0.1, 0.15) is 45.7 Å². The Balaban J connectivity index is 1.48. The number of amides is 1. The molecule has 2 aromatic rings. The standard InChI is InChI=1S/C26H35N3O4/c1-19-5-4-6-22(17-19)18-29-21(3)23(27-11-13-31-14-12-27)20(2)24(29)25(30)28-9-7-26(8-10-28)32-15-16-33-26/h4-6,17H,7-16,18H2,1-3H3. The highest BCUT2D eigenvalue weighted by molar-refractivity contribution is 5.96. The van der Waals surface area contributed by atoms with E-state index in [1.807, 2.05) is 4.90 Å². The van der Waals surface area contributed by atoms with E-state index in [1.165, 1.54) is 16.8 Å². The van der Waals surface area contributed by atoms with Gasteiger partial charge in [0.15, 0.2) is 5.79 Å². The molecule has 0 bridgehead atoms. The molecule has 1 amide bonds. The summed E-state index contributed by atoms with van der Waals surface area (Å²) in [7, 11) is 0. The smallest absolute Gasteiger partial charge is 0.270 e. The van der Waals surface area contributed by atoms with Crippen molar-refractivity contribution in [2.45, 2.75) is 45.9 Å². The summed E-state index contributed by atoms with van der Waals surface area (Å²) in [5.74, 6) is -0.375. The van der Waals surface area contributed by atoms with E-state index in [0.717, 1.165) is 56.1 Å². The van der Waals surface area contributed by atoms with Crippen LogP contribution in [0.5, 0.6) is 0 Å². The van der Waals surface area contributed by atoms with Crippen LogP contribution in [0, 0.1) is 20.8 Å². The molecular formula is C26H35N3O4. The molecular weight excluding hydrogens is 418 g/mol. The minimum absolute atomic E-state index is 0.107. The molecule has 3 aliphatic heterocycles. The van der Waals surface area contributed by atoms with Crippen molar-refractivity contribution in [3.63, 3.8) is 0 Å². The molecule has 5 rings (SSSR count). The SMILES string of the molecule is Cc1cccc(Cn2c(C)c(N3CCOCC3)c(C)c2C(=O)N2CCC3(CC2)OCCO3)c1. The van der Waals surface area contributed by atoms with Crippen molar-refractivity contribution in [3.8, 4) is 0 Å². The second-order valence-corrected chi connectivity index (χ2v) is 9.48. The zero-order valence-corrected chi connectivity index (χ0v) is 20.1. The van der Waals surface area contributed by atoms with Gasteiger partial charge >= 0.3 is 0 Å². The molecule has 0 saturated carbocycles. The Bertz CT molecular complexity index is 1010. The molecule has 3 aliphatic rings. The first-order valence-electron chi connectivity index (χ1n) is 12.1. The van der Waals surface area contributed by atoms with Gasteiger partial charge in [0.1, 0.15) is 5.69 Å². The number of aromatic nitrogens is 1. The summed E-state index contributed by atoms with van der Waals surface area (Å²) in [6, 6.07) is 8.55. The number of anilines is 1. The number of benzene rings is 1. The summed E-state index contributed by atoms with van der Waals surface area (Å²) in [5.41, 5.74) is 6.65. The highest BCUT2D eigenvalue weighted by atomic mass is 16.7. The van der Waals surface area contributed by atoms with Gasteiger partial charge in [-0.2, -0.15) is 0 Å². The number of carbonyl (C=O) groups is 1. The monoisotopic (exact) mass is 453 g/mol. The number of aryl methyl sites for hydroxylation is 1. The largest absolute Gasteiger partial charge is 0.378 e. The highest BCUT2D eigenvalue weighted by Gasteiger charge is 2.41. The summed E-state index contributed by atoms with van der Waals surface area (Å²) in [6.07, 6.45) is 1.46. The Hall–Kier alpha value is -2.35. The Kier molecular flexibility index (Phi) is 6.20. The number of rotatable bonds is 4. The Morgan fingerprint density at radius 2 is 1.67 bits per heavy atom. The molecule has 3 fully saturated rings. The number of morpholine rings is 1. The van der Waals surface area contributed by atoms with Gasteiger partial charge in [0.25, 0.3) is 5.91 Å². The molecule has 178 valence electrons. The van der Waals surface area contributed by atoms with Crippen LogP contribution in [0.4, 0.5) is 5.69 Å². The van der Waals surface area contributed by atoms with Crippen LogP contribution in [-0.4, -0.2) is 73.8 Å². The Morgan fingerprint density at radius 3 is 2.33 bits per heavy atom. The lowest BCUT2D eigenvalue weighted by atomic mass is 10.0. The average molecular weight is 454 g/mol. The number of nitrogens with zero attached hydrogens (tertiary/aromatic N) is 3. The molecule has 4 heterocycles. The maximum atomic E-state index is 13.9. The molecule has 1 spiro atoms. The van der Waals surface area contributed by atoms with Crippen molar-refractivity contribution in [1.29, 1.82) is 0 Å². The molecule has 0 atom stereocenters. The van der Waals surface area contributed by atoms with Gasteiger partial charge in [0.2, 0.25) is 0 Å². The van der Waals surface area contributed by atoms with Crippen LogP contribution in [0.2, 0.25) is 0 Å². The van der Waals surface area contributed by atoms with Gasteiger partial charge in [-0.1, -0.05) is 29.8 Å². The molecule has 7 nitrogen and oxygen atoms in total. The summed E-state index contributed by atoms with van der Waals surface area (Å²) in [6.45, 7) is 12.8. The van der Waals surface area contributed by atoms with Crippen molar-refractivity contribution in [1.82, 2.24) is 9.47 Å². The van der Waals surface area contributed by atoms with Gasteiger partial charge in [0.05, 0.1) is 32.1 Å². The number of hydrogen-bond donors (Lipinski definition) is 0. The number of piperidine rings is 1. The molecule has 33 heavy (non-hydrogen) atoms. The van der Waals surface area contributed by atoms with Crippen LogP contribution in [0.15, 0.2) is 24.3 Å². The van der Waals surface area contributed by atoms with E-state index in [9.17, 15) is 4.79 Å². The fraction of sp³-hybridized carbons (Fsp3) is 0.577. The molecule has 0 unspecified atom stereocenters. The molecule has 1 aromatic heterocycles. The summed E-state index contributed by atoms with van der Waals surface area (Å²) in [5, 5.41) is 0. The summed E-state index contributed by atoms with van der Waals surface area (Å²) >= 11 is 0. The molecule has 0 radical (unpaired) electrons. The topological polar surface area (TPSA) is 56.2 Å². The van der Waals surface area contributed by atoms with Crippen LogP contribution in [-0.2, 0) is 20.8 Å². The first-order valence-corrected chi connectivity index (χ1v) is 12.1. The predicted octanol–water partition coefficient (Wildman–Crippen LogP) is 3.28. The van der Waals surface area contributed by atoms with Crippen molar-refractivity contribution < 1.29 is 19.0 Å². The first-order chi connectivity index (χ1) is 16.0. The van der Waals surface area contributed by atoms with Crippen LogP contribution in [0.25, 0.3) is 0 Å². The minimum atomic E-state index is -0.482. The number of ether oxygens (including phenoxy) is 3. The van der Waals surface area contributed by atoms with Gasteiger partial charge in [0, 0.05) is 56.8 Å². The van der Waals surface area contributed by atoms with Crippen molar-refractivity contribution in [2.24, 2.45) is 0 Å². The van der Waals surface area contributed by atoms with Gasteiger partial charge in [-0.05, 0) is 26.3 Å². The third kappa shape index (κ3) is 4.29. The average Bonchev–Trinajstić information content (AvgIpc) is 3.36. The predicted molar refractivity (Wildman–Crippen MR) is 127 cm³/mol. The first kappa shape index (κ1) is 22.4. The van der Waals surface area contributed by atoms with Gasteiger partial charge in [-0.25, -0.2) is 0 Å². The van der Waals surface area contributed by atoms with E-state index >= 15 is 0 Å². The van der Waals surface area contributed by atoms with E-state index in [4.69, 9.17) is 14.2 Å². The van der Waals surface area contributed by atoms with Gasteiger partial charge in [-0.15, -0.1) is 0 Å².